The highest BCUT2D eigenvalue weighted by Gasteiger charge is 2.56. The SMILES string of the molecule is CCCCCN1C(=O)C2(COc3cc(Cl)c(C)cc32)c2ccccc21. The second-order valence-corrected chi connectivity index (χ2v) is 7.38. The number of benzene rings is 2. The predicted molar refractivity (Wildman–Crippen MR) is 101 cm³/mol. The Labute approximate surface area is 153 Å². The van der Waals surface area contributed by atoms with Crippen molar-refractivity contribution in [1.29, 1.82) is 0 Å². The monoisotopic (exact) mass is 355 g/mol. The van der Waals surface area contributed by atoms with Gasteiger partial charge in [-0.25, -0.2) is 0 Å². The predicted octanol–water partition coefficient (Wildman–Crippen LogP) is 4.86. The minimum Gasteiger partial charge on any atom is -0.491 e. The van der Waals surface area contributed by atoms with Gasteiger partial charge in [0.1, 0.15) is 17.8 Å². The fraction of sp³-hybridized carbons (Fsp3) is 0.381. The van der Waals surface area contributed by atoms with E-state index in [0.717, 1.165) is 53.9 Å². The summed E-state index contributed by atoms with van der Waals surface area (Å²) in [5.41, 5.74) is 3.27. The number of carbonyl (C=O) groups excluding carboxylic acids is 1. The lowest BCUT2D eigenvalue weighted by Crippen LogP contribution is -2.42. The third kappa shape index (κ3) is 2.29. The first-order chi connectivity index (χ1) is 12.1. The van der Waals surface area contributed by atoms with Gasteiger partial charge >= 0.3 is 0 Å². The lowest BCUT2D eigenvalue weighted by Gasteiger charge is -2.23. The summed E-state index contributed by atoms with van der Waals surface area (Å²) >= 11 is 6.26. The number of unbranched alkanes of at least 4 members (excludes halogenated alkanes) is 2. The van der Waals surface area contributed by atoms with Gasteiger partial charge in [-0.15, -0.1) is 0 Å². The number of hydrogen-bond donors (Lipinski definition) is 0. The smallest absolute Gasteiger partial charge is 0.245 e. The Balaban J connectivity index is 1.85. The van der Waals surface area contributed by atoms with Gasteiger partial charge in [-0.1, -0.05) is 49.6 Å². The van der Waals surface area contributed by atoms with Gasteiger partial charge < -0.3 is 9.64 Å². The highest BCUT2D eigenvalue weighted by Crippen LogP contribution is 2.53. The average Bonchev–Trinajstić information content (AvgIpc) is 3.08. The van der Waals surface area contributed by atoms with Crippen LogP contribution in [0.15, 0.2) is 36.4 Å². The zero-order chi connectivity index (χ0) is 17.6. The first-order valence-corrected chi connectivity index (χ1v) is 9.32. The standard InChI is InChI=1S/C21H22ClNO2/c1-3-4-7-10-23-18-9-6-5-8-15(18)21(20(23)24)13-25-19-12-17(22)14(2)11-16(19)21/h5-6,8-9,11-12H,3-4,7,10,13H2,1-2H3. The quantitative estimate of drug-likeness (QED) is 0.733. The molecule has 2 aromatic rings. The molecule has 25 heavy (non-hydrogen) atoms. The average molecular weight is 356 g/mol. The van der Waals surface area contributed by atoms with E-state index in [9.17, 15) is 4.79 Å². The molecular weight excluding hydrogens is 334 g/mol. The van der Waals surface area contributed by atoms with Gasteiger partial charge in [0.2, 0.25) is 5.91 Å². The molecule has 4 heteroatoms. The number of rotatable bonds is 4. The number of aryl methyl sites for hydroxylation is 1. The molecule has 1 amide bonds. The van der Waals surface area contributed by atoms with Gasteiger partial charge in [0.05, 0.1) is 0 Å². The summed E-state index contributed by atoms with van der Waals surface area (Å²) in [5.74, 6) is 0.861. The summed E-state index contributed by atoms with van der Waals surface area (Å²) in [7, 11) is 0. The van der Waals surface area contributed by atoms with Crippen molar-refractivity contribution in [1.82, 2.24) is 0 Å². The number of amides is 1. The Morgan fingerprint density at radius 2 is 2.00 bits per heavy atom. The second kappa shape index (κ2) is 6.06. The van der Waals surface area contributed by atoms with Crippen LogP contribution < -0.4 is 9.64 Å². The highest BCUT2D eigenvalue weighted by molar-refractivity contribution is 6.31. The molecule has 2 aliphatic heterocycles. The molecule has 1 atom stereocenters. The number of nitrogens with zero attached hydrogens (tertiary/aromatic N) is 1. The van der Waals surface area contributed by atoms with Crippen molar-refractivity contribution in [2.24, 2.45) is 0 Å². The molecular formula is C21H22ClNO2. The van der Waals surface area contributed by atoms with Crippen LogP contribution in [0.3, 0.4) is 0 Å². The number of para-hydroxylation sites is 1. The summed E-state index contributed by atoms with van der Waals surface area (Å²) in [4.78, 5) is 15.5. The molecule has 0 radical (unpaired) electrons. The Bertz CT molecular complexity index is 848. The highest BCUT2D eigenvalue weighted by atomic mass is 35.5. The van der Waals surface area contributed by atoms with E-state index in [1.807, 2.05) is 36.1 Å². The van der Waals surface area contributed by atoms with Crippen LogP contribution in [0.4, 0.5) is 5.69 Å². The van der Waals surface area contributed by atoms with E-state index in [1.54, 1.807) is 0 Å². The number of halogens is 1. The van der Waals surface area contributed by atoms with Gasteiger partial charge in [0.25, 0.3) is 0 Å². The summed E-state index contributed by atoms with van der Waals surface area (Å²) in [6, 6.07) is 12.0. The van der Waals surface area contributed by atoms with Gasteiger partial charge in [-0.3, -0.25) is 4.79 Å². The first-order valence-electron chi connectivity index (χ1n) is 8.94. The molecule has 130 valence electrons. The molecule has 2 aromatic carbocycles. The minimum absolute atomic E-state index is 0.130. The maximum atomic E-state index is 13.6. The molecule has 4 rings (SSSR count). The molecule has 0 aliphatic carbocycles. The molecule has 0 aromatic heterocycles. The normalized spacial score (nSPS) is 20.8. The Morgan fingerprint density at radius 3 is 2.80 bits per heavy atom. The lowest BCUT2D eigenvalue weighted by molar-refractivity contribution is -0.122. The molecule has 1 spiro atoms. The van der Waals surface area contributed by atoms with E-state index < -0.39 is 5.41 Å². The number of carbonyl (C=O) groups is 1. The zero-order valence-electron chi connectivity index (χ0n) is 14.6. The van der Waals surface area contributed by atoms with Crippen molar-refractivity contribution in [3.63, 3.8) is 0 Å². The van der Waals surface area contributed by atoms with Crippen LogP contribution >= 0.6 is 11.6 Å². The van der Waals surface area contributed by atoms with Gasteiger partial charge in [-0.2, -0.15) is 0 Å². The molecule has 3 nitrogen and oxygen atoms in total. The van der Waals surface area contributed by atoms with E-state index in [-0.39, 0.29) is 5.91 Å². The van der Waals surface area contributed by atoms with Crippen molar-refractivity contribution in [3.8, 4) is 5.75 Å². The van der Waals surface area contributed by atoms with Crippen molar-refractivity contribution in [2.75, 3.05) is 18.1 Å². The van der Waals surface area contributed by atoms with Gasteiger partial charge in [-0.05, 0) is 42.7 Å². The summed E-state index contributed by atoms with van der Waals surface area (Å²) in [6.07, 6.45) is 3.28. The zero-order valence-corrected chi connectivity index (χ0v) is 15.4. The third-order valence-electron chi connectivity index (χ3n) is 5.41. The molecule has 0 bridgehead atoms. The van der Waals surface area contributed by atoms with Crippen LogP contribution in [-0.2, 0) is 10.2 Å². The summed E-state index contributed by atoms with van der Waals surface area (Å²) in [6.45, 7) is 5.25. The van der Waals surface area contributed by atoms with Crippen molar-refractivity contribution in [2.45, 2.75) is 38.5 Å². The van der Waals surface area contributed by atoms with E-state index in [1.165, 1.54) is 0 Å². The molecule has 0 N–H and O–H groups in total. The second-order valence-electron chi connectivity index (χ2n) is 6.97. The topological polar surface area (TPSA) is 29.5 Å². The van der Waals surface area contributed by atoms with Crippen LogP contribution in [-0.4, -0.2) is 19.1 Å². The van der Waals surface area contributed by atoms with Crippen LogP contribution in [0.25, 0.3) is 0 Å². The summed E-state index contributed by atoms with van der Waals surface area (Å²) < 4.78 is 5.94. The number of ether oxygens (including phenoxy) is 1. The molecule has 0 saturated carbocycles. The van der Waals surface area contributed by atoms with E-state index in [0.29, 0.717) is 11.6 Å². The molecule has 2 heterocycles. The van der Waals surface area contributed by atoms with Crippen LogP contribution in [0, 0.1) is 6.92 Å². The van der Waals surface area contributed by atoms with Crippen molar-refractivity contribution >= 4 is 23.2 Å². The maximum Gasteiger partial charge on any atom is 0.245 e. The van der Waals surface area contributed by atoms with Gasteiger partial charge in [0, 0.05) is 22.8 Å². The van der Waals surface area contributed by atoms with Crippen molar-refractivity contribution < 1.29 is 9.53 Å². The van der Waals surface area contributed by atoms with Crippen LogP contribution in [0.5, 0.6) is 5.75 Å². The van der Waals surface area contributed by atoms with E-state index >= 15 is 0 Å². The maximum absolute atomic E-state index is 13.6. The van der Waals surface area contributed by atoms with Crippen molar-refractivity contribution in [3.05, 3.63) is 58.1 Å². The Kier molecular flexibility index (Phi) is 3.99. The largest absolute Gasteiger partial charge is 0.491 e. The summed E-state index contributed by atoms with van der Waals surface area (Å²) in [5, 5.41) is 0.675. The molecule has 0 fully saturated rings. The molecule has 2 aliphatic rings. The number of hydrogen-bond acceptors (Lipinski definition) is 2. The van der Waals surface area contributed by atoms with Gasteiger partial charge in [0.15, 0.2) is 0 Å². The van der Waals surface area contributed by atoms with Crippen LogP contribution in [0.1, 0.15) is 42.9 Å². The Hall–Kier alpha value is -2.00. The Morgan fingerprint density at radius 1 is 1.20 bits per heavy atom. The van der Waals surface area contributed by atoms with E-state index in [2.05, 4.69) is 19.1 Å². The fourth-order valence-corrected chi connectivity index (χ4v) is 4.20. The first kappa shape index (κ1) is 16.5. The molecule has 0 saturated heterocycles. The fourth-order valence-electron chi connectivity index (χ4n) is 4.05. The van der Waals surface area contributed by atoms with E-state index in [4.69, 9.17) is 16.3 Å². The minimum atomic E-state index is -0.729. The molecule has 1 unspecified atom stereocenters. The van der Waals surface area contributed by atoms with Crippen LogP contribution in [0.2, 0.25) is 5.02 Å². The number of anilines is 1. The number of fused-ring (bicyclic) bond motifs is 4. The third-order valence-corrected chi connectivity index (χ3v) is 5.82. The lowest BCUT2D eigenvalue weighted by atomic mass is 9.76.